The zero-order valence-electron chi connectivity index (χ0n) is 11.7. The highest BCUT2D eigenvalue weighted by atomic mass is 79.9. The van der Waals surface area contributed by atoms with Crippen LogP contribution in [-0.2, 0) is 0 Å². The standard InChI is InChI=1S/C16H20BrNS/c1-4-14(18-5-2)16-9-8-15(19-16)12-7-6-11(3)10-13(12)17/h6-10,14,18H,4-5H2,1-3H3. The van der Waals surface area contributed by atoms with E-state index in [9.17, 15) is 0 Å². The third kappa shape index (κ3) is 3.47. The summed E-state index contributed by atoms with van der Waals surface area (Å²) >= 11 is 5.56. The van der Waals surface area contributed by atoms with Gasteiger partial charge in [-0.25, -0.2) is 0 Å². The van der Waals surface area contributed by atoms with Crippen molar-refractivity contribution in [3.63, 3.8) is 0 Å². The molecule has 2 aromatic rings. The molecule has 0 bridgehead atoms. The summed E-state index contributed by atoms with van der Waals surface area (Å²) in [6, 6.07) is 11.5. The van der Waals surface area contributed by atoms with Gasteiger partial charge in [0.2, 0.25) is 0 Å². The van der Waals surface area contributed by atoms with E-state index in [1.807, 2.05) is 11.3 Å². The van der Waals surface area contributed by atoms with Crippen molar-refractivity contribution < 1.29 is 0 Å². The van der Waals surface area contributed by atoms with E-state index < -0.39 is 0 Å². The second-order valence-electron chi connectivity index (χ2n) is 4.70. The van der Waals surface area contributed by atoms with Crippen LogP contribution >= 0.6 is 27.3 Å². The summed E-state index contributed by atoms with van der Waals surface area (Å²) in [6.07, 6.45) is 1.13. The molecule has 1 aromatic heterocycles. The minimum atomic E-state index is 0.480. The summed E-state index contributed by atoms with van der Waals surface area (Å²) < 4.78 is 1.18. The van der Waals surface area contributed by atoms with Gasteiger partial charge in [0.15, 0.2) is 0 Å². The molecular formula is C16H20BrNS. The van der Waals surface area contributed by atoms with Gasteiger partial charge in [-0.05, 0) is 43.7 Å². The van der Waals surface area contributed by atoms with Gasteiger partial charge in [-0.2, -0.15) is 0 Å². The lowest BCUT2D eigenvalue weighted by molar-refractivity contribution is 0.545. The molecule has 0 aliphatic carbocycles. The van der Waals surface area contributed by atoms with E-state index in [2.05, 4.69) is 72.3 Å². The lowest BCUT2D eigenvalue weighted by atomic mass is 10.1. The van der Waals surface area contributed by atoms with Gasteiger partial charge < -0.3 is 5.32 Å². The summed E-state index contributed by atoms with van der Waals surface area (Å²) in [4.78, 5) is 2.75. The van der Waals surface area contributed by atoms with Crippen LogP contribution in [0.4, 0.5) is 0 Å². The zero-order chi connectivity index (χ0) is 13.8. The Morgan fingerprint density at radius 1 is 1.21 bits per heavy atom. The highest BCUT2D eigenvalue weighted by Crippen LogP contribution is 2.36. The van der Waals surface area contributed by atoms with Crippen LogP contribution in [0.3, 0.4) is 0 Å². The first-order valence-electron chi connectivity index (χ1n) is 6.75. The molecule has 1 unspecified atom stereocenters. The Morgan fingerprint density at radius 2 is 2.00 bits per heavy atom. The fraction of sp³-hybridized carbons (Fsp3) is 0.375. The third-order valence-electron chi connectivity index (χ3n) is 3.22. The maximum absolute atomic E-state index is 3.67. The molecule has 0 fully saturated rings. The van der Waals surface area contributed by atoms with Gasteiger partial charge >= 0.3 is 0 Å². The van der Waals surface area contributed by atoms with Crippen LogP contribution in [0, 0.1) is 6.92 Å². The van der Waals surface area contributed by atoms with Crippen molar-refractivity contribution in [2.45, 2.75) is 33.2 Å². The normalized spacial score (nSPS) is 12.6. The molecule has 0 amide bonds. The molecule has 1 aromatic carbocycles. The van der Waals surface area contributed by atoms with Gasteiger partial charge in [0.25, 0.3) is 0 Å². The lowest BCUT2D eigenvalue weighted by Gasteiger charge is -2.13. The number of rotatable bonds is 5. The smallest absolute Gasteiger partial charge is 0.0412 e. The van der Waals surface area contributed by atoms with Crippen molar-refractivity contribution in [1.82, 2.24) is 5.32 Å². The van der Waals surface area contributed by atoms with Crippen LogP contribution in [0.1, 0.15) is 36.8 Å². The largest absolute Gasteiger partial charge is 0.310 e. The maximum atomic E-state index is 3.67. The molecule has 0 radical (unpaired) electrons. The van der Waals surface area contributed by atoms with Gasteiger partial charge in [-0.1, -0.05) is 41.9 Å². The van der Waals surface area contributed by atoms with E-state index in [1.54, 1.807) is 0 Å². The van der Waals surface area contributed by atoms with E-state index in [1.165, 1.54) is 25.4 Å². The number of aryl methyl sites for hydroxylation is 1. The van der Waals surface area contributed by atoms with E-state index in [-0.39, 0.29) is 0 Å². The van der Waals surface area contributed by atoms with Crippen LogP contribution < -0.4 is 5.32 Å². The molecule has 2 rings (SSSR count). The molecule has 102 valence electrons. The number of nitrogens with one attached hydrogen (secondary N) is 1. The topological polar surface area (TPSA) is 12.0 Å². The third-order valence-corrected chi connectivity index (χ3v) is 5.11. The summed E-state index contributed by atoms with van der Waals surface area (Å²) in [5.74, 6) is 0. The molecule has 0 spiro atoms. The fourth-order valence-corrected chi connectivity index (χ4v) is 4.24. The minimum Gasteiger partial charge on any atom is -0.310 e. The number of hydrogen-bond donors (Lipinski definition) is 1. The highest BCUT2D eigenvalue weighted by molar-refractivity contribution is 9.10. The highest BCUT2D eigenvalue weighted by Gasteiger charge is 2.12. The molecule has 0 aliphatic heterocycles. The lowest BCUT2D eigenvalue weighted by Crippen LogP contribution is -2.18. The first kappa shape index (κ1) is 14.8. The molecule has 3 heteroatoms. The number of hydrogen-bond acceptors (Lipinski definition) is 2. The SMILES string of the molecule is CCNC(CC)c1ccc(-c2ccc(C)cc2Br)s1. The predicted molar refractivity (Wildman–Crippen MR) is 88.9 cm³/mol. The predicted octanol–water partition coefficient (Wildman–Crippen LogP) is 5.55. The Balaban J connectivity index is 2.29. The second-order valence-corrected chi connectivity index (χ2v) is 6.67. The van der Waals surface area contributed by atoms with Crippen LogP contribution in [0.15, 0.2) is 34.8 Å². The Kier molecular flexibility index (Phi) is 5.20. The Morgan fingerprint density at radius 3 is 2.63 bits per heavy atom. The molecule has 0 saturated heterocycles. The monoisotopic (exact) mass is 337 g/mol. The van der Waals surface area contributed by atoms with Crippen molar-refractivity contribution in [3.8, 4) is 10.4 Å². The summed E-state index contributed by atoms with van der Waals surface area (Å²) in [5.41, 5.74) is 2.57. The van der Waals surface area contributed by atoms with E-state index >= 15 is 0 Å². The summed E-state index contributed by atoms with van der Waals surface area (Å²) in [6.45, 7) is 7.52. The average Bonchev–Trinajstić information content (AvgIpc) is 2.85. The molecule has 0 saturated carbocycles. The van der Waals surface area contributed by atoms with Crippen LogP contribution in [0.25, 0.3) is 10.4 Å². The number of benzene rings is 1. The zero-order valence-corrected chi connectivity index (χ0v) is 14.1. The van der Waals surface area contributed by atoms with Crippen LogP contribution in [0.5, 0.6) is 0 Å². The quantitative estimate of drug-likeness (QED) is 0.754. The summed E-state index contributed by atoms with van der Waals surface area (Å²) in [7, 11) is 0. The Hall–Kier alpha value is -0.640. The molecule has 1 nitrogen and oxygen atoms in total. The Bertz CT molecular complexity index is 547. The van der Waals surface area contributed by atoms with Gasteiger partial charge in [0.1, 0.15) is 0 Å². The van der Waals surface area contributed by atoms with Gasteiger partial charge in [0, 0.05) is 25.8 Å². The van der Waals surface area contributed by atoms with E-state index in [0.717, 1.165) is 13.0 Å². The average molecular weight is 338 g/mol. The first-order chi connectivity index (χ1) is 9.15. The fourth-order valence-electron chi connectivity index (χ4n) is 2.20. The first-order valence-corrected chi connectivity index (χ1v) is 8.36. The van der Waals surface area contributed by atoms with E-state index in [0.29, 0.717) is 6.04 Å². The number of halogens is 1. The molecule has 1 heterocycles. The molecular weight excluding hydrogens is 318 g/mol. The molecule has 0 aliphatic rings. The van der Waals surface area contributed by atoms with Crippen molar-refractivity contribution >= 4 is 27.3 Å². The summed E-state index contributed by atoms with van der Waals surface area (Å²) in [5, 5.41) is 3.54. The van der Waals surface area contributed by atoms with E-state index in [4.69, 9.17) is 0 Å². The van der Waals surface area contributed by atoms with Gasteiger partial charge in [0.05, 0.1) is 0 Å². The molecule has 19 heavy (non-hydrogen) atoms. The van der Waals surface area contributed by atoms with Crippen LogP contribution in [-0.4, -0.2) is 6.54 Å². The van der Waals surface area contributed by atoms with Gasteiger partial charge in [-0.15, -0.1) is 11.3 Å². The van der Waals surface area contributed by atoms with Crippen molar-refractivity contribution in [1.29, 1.82) is 0 Å². The Labute approximate surface area is 128 Å². The van der Waals surface area contributed by atoms with Crippen molar-refractivity contribution in [2.24, 2.45) is 0 Å². The van der Waals surface area contributed by atoms with Crippen LogP contribution in [0.2, 0.25) is 0 Å². The molecule has 1 atom stereocenters. The molecule has 1 N–H and O–H groups in total. The van der Waals surface area contributed by atoms with Crippen molar-refractivity contribution in [3.05, 3.63) is 45.2 Å². The second kappa shape index (κ2) is 6.69. The number of thiophene rings is 1. The van der Waals surface area contributed by atoms with Gasteiger partial charge in [-0.3, -0.25) is 0 Å². The van der Waals surface area contributed by atoms with Crippen molar-refractivity contribution in [2.75, 3.05) is 6.54 Å². The minimum absolute atomic E-state index is 0.480. The maximum Gasteiger partial charge on any atom is 0.0412 e.